The SMILES string of the molecule is CCC(CC)NC(=O)Nc1ccccc1N1CC(C)OC(C)C1. The van der Waals surface area contributed by atoms with E-state index in [0.29, 0.717) is 0 Å². The highest BCUT2D eigenvalue weighted by Gasteiger charge is 2.24. The average molecular weight is 319 g/mol. The van der Waals surface area contributed by atoms with E-state index in [9.17, 15) is 4.79 Å². The standard InChI is InChI=1S/C18H29N3O2/c1-5-15(6-2)19-18(22)20-16-9-7-8-10-17(16)21-11-13(3)23-14(4)12-21/h7-10,13-15H,5-6,11-12H2,1-4H3,(H2,19,20,22). The van der Waals surface area contributed by atoms with Crippen LogP contribution in [0, 0.1) is 0 Å². The summed E-state index contributed by atoms with van der Waals surface area (Å²) in [6.45, 7) is 9.99. The number of rotatable bonds is 5. The first-order valence-corrected chi connectivity index (χ1v) is 8.60. The summed E-state index contributed by atoms with van der Waals surface area (Å²) in [7, 11) is 0. The number of ether oxygens (including phenoxy) is 1. The molecule has 5 heteroatoms. The van der Waals surface area contributed by atoms with Crippen LogP contribution in [-0.4, -0.2) is 37.4 Å². The number of nitrogens with zero attached hydrogens (tertiary/aromatic N) is 1. The molecule has 0 spiro atoms. The Morgan fingerprint density at radius 3 is 2.43 bits per heavy atom. The van der Waals surface area contributed by atoms with Gasteiger partial charge in [0.05, 0.1) is 23.6 Å². The lowest BCUT2D eigenvalue weighted by Crippen LogP contribution is -2.46. The molecule has 0 radical (unpaired) electrons. The molecule has 2 rings (SSSR count). The largest absolute Gasteiger partial charge is 0.372 e. The van der Waals surface area contributed by atoms with Gasteiger partial charge in [-0.2, -0.15) is 0 Å². The van der Waals surface area contributed by atoms with Crippen molar-refractivity contribution in [2.24, 2.45) is 0 Å². The number of amides is 2. The van der Waals surface area contributed by atoms with Gasteiger partial charge in [-0.3, -0.25) is 0 Å². The third-order valence-corrected chi connectivity index (χ3v) is 4.23. The third-order valence-electron chi connectivity index (χ3n) is 4.23. The molecule has 0 bridgehead atoms. The molecule has 0 aliphatic carbocycles. The summed E-state index contributed by atoms with van der Waals surface area (Å²) >= 11 is 0. The van der Waals surface area contributed by atoms with Crippen LogP contribution < -0.4 is 15.5 Å². The number of hydrogen-bond acceptors (Lipinski definition) is 3. The van der Waals surface area contributed by atoms with Gasteiger partial charge in [-0.25, -0.2) is 4.79 Å². The van der Waals surface area contributed by atoms with Crippen molar-refractivity contribution in [1.82, 2.24) is 5.32 Å². The van der Waals surface area contributed by atoms with Crippen LogP contribution in [0.5, 0.6) is 0 Å². The van der Waals surface area contributed by atoms with E-state index >= 15 is 0 Å². The first kappa shape index (κ1) is 17.6. The van der Waals surface area contributed by atoms with Crippen molar-refractivity contribution >= 4 is 17.4 Å². The first-order valence-electron chi connectivity index (χ1n) is 8.60. The molecule has 2 N–H and O–H groups in total. The summed E-state index contributed by atoms with van der Waals surface area (Å²) in [5.41, 5.74) is 1.89. The molecule has 1 heterocycles. The number of morpholine rings is 1. The predicted molar refractivity (Wildman–Crippen MR) is 95.2 cm³/mol. The quantitative estimate of drug-likeness (QED) is 0.871. The summed E-state index contributed by atoms with van der Waals surface area (Å²) in [6, 6.07) is 8.03. The molecule has 2 atom stereocenters. The molecular formula is C18H29N3O2. The summed E-state index contributed by atoms with van der Waals surface area (Å²) in [5, 5.41) is 6.02. The van der Waals surface area contributed by atoms with E-state index in [-0.39, 0.29) is 24.3 Å². The molecule has 2 unspecified atom stereocenters. The highest BCUT2D eigenvalue weighted by atomic mass is 16.5. The van der Waals surface area contributed by atoms with E-state index in [0.717, 1.165) is 37.3 Å². The molecule has 23 heavy (non-hydrogen) atoms. The van der Waals surface area contributed by atoms with Crippen LogP contribution in [-0.2, 0) is 4.74 Å². The van der Waals surface area contributed by atoms with Gasteiger partial charge in [-0.1, -0.05) is 26.0 Å². The van der Waals surface area contributed by atoms with Crippen LogP contribution >= 0.6 is 0 Å². The molecule has 2 amide bonds. The van der Waals surface area contributed by atoms with E-state index in [4.69, 9.17) is 4.74 Å². The second-order valence-electron chi connectivity index (χ2n) is 6.29. The van der Waals surface area contributed by atoms with Crippen molar-refractivity contribution in [2.75, 3.05) is 23.3 Å². The zero-order valence-corrected chi connectivity index (χ0v) is 14.6. The Morgan fingerprint density at radius 1 is 1.22 bits per heavy atom. The first-order chi connectivity index (χ1) is 11.0. The lowest BCUT2D eigenvalue weighted by molar-refractivity contribution is -0.00517. The zero-order valence-electron chi connectivity index (χ0n) is 14.6. The molecule has 0 saturated carbocycles. The second kappa shape index (κ2) is 8.20. The maximum Gasteiger partial charge on any atom is 0.319 e. The van der Waals surface area contributed by atoms with Crippen molar-refractivity contribution in [3.05, 3.63) is 24.3 Å². The topological polar surface area (TPSA) is 53.6 Å². The van der Waals surface area contributed by atoms with Gasteiger partial charge in [-0.15, -0.1) is 0 Å². The number of hydrogen-bond donors (Lipinski definition) is 2. The van der Waals surface area contributed by atoms with E-state index < -0.39 is 0 Å². The second-order valence-corrected chi connectivity index (χ2v) is 6.29. The maximum absolute atomic E-state index is 12.2. The Hall–Kier alpha value is -1.75. The van der Waals surface area contributed by atoms with Gasteiger partial charge in [0, 0.05) is 19.1 Å². The van der Waals surface area contributed by atoms with E-state index in [1.165, 1.54) is 0 Å². The van der Waals surface area contributed by atoms with Crippen LogP contribution in [0.3, 0.4) is 0 Å². The molecule has 0 aromatic heterocycles. The minimum atomic E-state index is -0.138. The summed E-state index contributed by atoms with van der Waals surface area (Å²) in [5.74, 6) is 0. The Bertz CT molecular complexity index is 507. The lowest BCUT2D eigenvalue weighted by Gasteiger charge is -2.37. The van der Waals surface area contributed by atoms with Crippen LogP contribution in [0.2, 0.25) is 0 Å². The highest BCUT2D eigenvalue weighted by Crippen LogP contribution is 2.28. The van der Waals surface area contributed by atoms with Crippen molar-refractivity contribution in [3.63, 3.8) is 0 Å². The monoisotopic (exact) mass is 319 g/mol. The molecule has 1 saturated heterocycles. The number of anilines is 2. The zero-order chi connectivity index (χ0) is 16.8. The smallest absolute Gasteiger partial charge is 0.319 e. The number of para-hydroxylation sites is 2. The predicted octanol–water partition coefficient (Wildman–Crippen LogP) is 3.61. The Morgan fingerprint density at radius 2 is 1.83 bits per heavy atom. The van der Waals surface area contributed by atoms with E-state index in [2.05, 4.69) is 49.3 Å². The fraction of sp³-hybridized carbons (Fsp3) is 0.611. The van der Waals surface area contributed by atoms with Gasteiger partial charge < -0.3 is 20.3 Å². The fourth-order valence-corrected chi connectivity index (χ4v) is 3.07. The van der Waals surface area contributed by atoms with Gasteiger partial charge in [-0.05, 0) is 38.8 Å². The Labute approximate surface area is 139 Å². The van der Waals surface area contributed by atoms with Crippen molar-refractivity contribution < 1.29 is 9.53 Å². The van der Waals surface area contributed by atoms with Crippen LogP contribution in [0.25, 0.3) is 0 Å². The average Bonchev–Trinajstić information content (AvgIpc) is 2.52. The molecule has 5 nitrogen and oxygen atoms in total. The van der Waals surface area contributed by atoms with Gasteiger partial charge in [0.2, 0.25) is 0 Å². The van der Waals surface area contributed by atoms with E-state index in [1.54, 1.807) is 0 Å². The van der Waals surface area contributed by atoms with Crippen molar-refractivity contribution in [1.29, 1.82) is 0 Å². The van der Waals surface area contributed by atoms with Gasteiger partial charge in [0.1, 0.15) is 0 Å². The summed E-state index contributed by atoms with van der Waals surface area (Å²) in [4.78, 5) is 14.5. The van der Waals surface area contributed by atoms with Gasteiger partial charge >= 0.3 is 6.03 Å². The Kier molecular flexibility index (Phi) is 6.28. The normalized spacial score (nSPS) is 21.3. The molecule has 1 aromatic rings. The fourth-order valence-electron chi connectivity index (χ4n) is 3.07. The number of carbonyl (C=O) groups excluding carboxylic acids is 1. The summed E-state index contributed by atoms with van der Waals surface area (Å²) < 4.78 is 5.80. The highest BCUT2D eigenvalue weighted by molar-refractivity contribution is 5.93. The Balaban J connectivity index is 2.09. The third kappa shape index (κ3) is 4.86. The summed E-state index contributed by atoms with van der Waals surface area (Å²) in [6.07, 6.45) is 2.24. The van der Waals surface area contributed by atoms with Gasteiger partial charge in [0.15, 0.2) is 0 Å². The van der Waals surface area contributed by atoms with Gasteiger partial charge in [0.25, 0.3) is 0 Å². The number of nitrogens with one attached hydrogen (secondary N) is 2. The van der Waals surface area contributed by atoms with Crippen LogP contribution in [0.4, 0.5) is 16.2 Å². The molecular weight excluding hydrogens is 290 g/mol. The minimum absolute atomic E-state index is 0.138. The number of urea groups is 1. The number of carbonyl (C=O) groups is 1. The molecule has 128 valence electrons. The van der Waals surface area contributed by atoms with Crippen LogP contribution in [0.1, 0.15) is 40.5 Å². The van der Waals surface area contributed by atoms with Crippen LogP contribution in [0.15, 0.2) is 24.3 Å². The van der Waals surface area contributed by atoms with E-state index in [1.807, 2.05) is 18.2 Å². The molecule has 1 fully saturated rings. The van der Waals surface area contributed by atoms with Crippen molar-refractivity contribution in [2.45, 2.75) is 58.8 Å². The lowest BCUT2D eigenvalue weighted by atomic mass is 10.1. The van der Waals surface area contributed by atoms with Crippen molar-refractivity contribution in [3.8, 4) is 0 Å². The minimum Gasteiger partial charge on any atom is -0.372 e. The maximum atomic E-state index is 12.2. The molecule has 1 aromatic carbocycles. The number of benzene rings is 1. The molecule has 1 aliphatic heterocycles. The molecule has 1 aliphatic rings.